The Kier molecular flexibility index (Phi) is 4.14. The molecule has 2 aromatic heterocycles. The first-order valence-corrected chi connectivity index (χ1v) is 7.76. The van der Waals surface area contributed by atoms with Crippen LogP contribution in [0.5, 0.6) is 0 Å². The number of benzene rings is 1. The number of hydrogen-bond acceptors (Lipinski definition) is 5. The van der Waals surface area contributed by atoms with Crippen LogP contribution in [0.4, 0.5) is 5.82 Å². The Morgan fingerprint density at radius 2 is 2.17 bits per heavy atom. The second kappa shape index (κ2) is 6.24. The Bertz CT molecular complexity index is 870. The molecule has 0 aliphatic rings. The minimum absolute atomic E-state index is 0.370. The normalized spacial score (nSPS) is 11.1. The number of H-pyrrole nitrogens is 1. The van der Waals surface area contributed by atoms with E-state index in [-0.39, 0.29) is 5.97 Å². The van der Waals surface area contributed by atoms with E-state index in [1.54, 1.807) is 12.1 Å². The van der Waals surface area contributed by atoms with Crippen molar-refractivity contribution in [3.8, 4) is 0 Å². The van der Waals surface area contributed by atoms with Crippen molar-refractivity contribution in [3.05, 3.63) is 29.6 Å². The van der Waals surface area contributed by atoms with E-state index in [4.69, 9.17) is 9.72 Å². The lowest BCUT2D eigenvalue weighted by Crippen LogP contribution is -2.01. The van der Waals surface area contributed by atoms with Crippen molar-refractivity contribution in [2.75, 3.05) is 19.5 Å². The van der Waals surface area contributed by atoms with Gasteiger partial charge in [0.2, 0.25) is 0 Å². The number of carbonyl (C=O) groups excluding carboxylic acids is 1. The fraction of sp³-hybridized carbons (Fsp3) is 0.353. The smallest absolute Gasteiger partial charge is 0.337 e. The third kappa shape index (κ3) is 2.72. The molecule has 0 unspecified atom stereocenters. The number of aromatic amines is 1. The number of aromatic nitrogens is 3. The Labute approximate surface area is 134 Å². The van der Waals surface area contributed by atoms with E-state index in [1.165, 1.54) is 7.11 Å². The molecule has 6 heteroatoms. The second-order valence-corrected chi connectivity index (χ2v) is 5.44. The van der Waals surface area contributed by atoms with Crippen LogP contribution in [0.3, 0.4) is 0 Å². The average Bonchev–Trinajstić information content (AvgIpc) is 3.02. The molecular weight excluding hydrogens is 292 g/mol. The van der Waals surface area contributed by atoms with Gasteiger partial charge >= 0.3 is 5.97 Å². The van der Waals surface area contributed by atoms with Crippen LogP contribution in [0.15, 0.2) is 18.2 Å². The number of rotatable bonds is 5. The number of imidazole rings is 1. The summed E-state index contributed by atoms with van der Waals surface area (Å²) >= 11 is 0. The van der Waals surface area contributed by atoms with Crippen LogP contribution in [-0.2, 0) is 11.2 Å². The van der Waals surface area contributed by atoms with Gasteiger partial charge in [0.05, 0.1) is 18.2 Å². The number of hydrogen-bond donors (Lipinski definition) is 2. The predicted octanol–water partition coefficient (Wildman–Crippen LogP) is 3.28. The fourth-order valence-corrected chi connectivity index (χ4v) is 2.68. The van der Waals surface area contributed by atoms with Gasteiger partial charge in [0.1, 0.15) is 16.9 Å². The summed E-state index contributed by atoms with van der Waals surface area (Å²) in [5.74, 6) is 1.32. The lowest BCUT2D eigenvalue weighted by atomic mass is 10.1. The van der Waals surface area contributed by atoms with Crippen LogP contribution in [-0.4, -0.2) is 35.1 Å². The summed E-state index contributed by atoms with van der Waals surface area (Å²) in [6.45, 7) is 2.16. The lowest BCUT2D eigenvalue weighted by Gasteiger charge is -2.06. The van der Waals surface area contributed by atoms with Crippen molar-refractivity contribution in [1.82, 2.24) is 15.0 Å². The number of esters is 1. The molecule has 0 saturated heterocycles. The van der Waals surface area contributed by atoms with Crippen molar-refractivity contribution in [3.63, 3.8) is 0 Å². The van der Waals surface area contributed by atoms with Crippen molar-refractivity contribution >= 4 is 33.7 Å². The number of carbonyl (C=O) groups is 1. The summed E-state index contributed by atoms with van der Waals surface area (Å²) in [5.41, 5.74) is 2.98. The minimum atomic E-state index is -0.370. The van der Waals surface area contributed by atoms with Gasteiger partial charge in [-0.3, -0.25) is 0 Å². The Morgan fingerprint density at radius 1 is 1.35 bits per heavy atom. The number of unbranched alkanes of at least 4 members (excludes halogenated alkanes) is 1. The molecule has 1 aromatic carbocycles. The van der Waals surface area contributed by atoms with Gasteiger partial charge in [-0.05, 0) is 24.6 Å². The highest BCUT2D eigenvalue weighted by atomic mass is 16.5. The number of methoxy groups -OCH3 is 1. The van der Waals surface area contributed by atoms with Crippen LogP contribution < -0.4 is 5.32 Å². The molecule has 0 radical (unpaired) electrons. The number of fused-ring (bicyclic) bond motifs is 3. The fourth-order valence-electron chi connectivity index (χ4n) is 2.68. The molecule has 6 nitrogen and oxygen atoms in total. The van der Waals surface area contributed by atoms with Gasteiger partial charge < -0.3 is 15.0 Å². The second-order valence-electron chi connectivity index (χ2n) is 5.44. The van der Waals surface area contributed by atoms with Crippen molar-refractivity contribution in [2.45, 2.75) is 26.2 Å². The summed E-state index contributed by atoms with van der Waals surface area (Å²) in [4.78, 5) is 24.4. The highest BCUT2D eigenvalue weighted by Crippen LogP contribution is 2.28. The van der Waals surface area contributed by atoms with Gasteiger partial charge in [0, 0.05) is 18.9 Å². The van der Waals surface area contributed by atoms with Crippen molar-refractivity contribution in [2.24, 2.45) is 0 Å². The Hall–Kier alpha value is -2.63. The molecule has 0 amide bonds. The maximum absolute atomic E-state index is 11.7. The minimum Gasteiger partial charge on any atom is -0.465 e. The van der Waals surface area contributed by atoms with Crippen LogP contribution in [0.2, 0.25) is 0 Å². The molecule has 0 spiro atoms. The number of pyridine rings is 1. The summed E-state index contributed by atoms with van der Waals surface area (Å²) < 4.78 is 4.77. The zero-order valence-corrected chi connectivity index (χ0v) is 13.6. The van der Waals surface area contributed by atoms with Gasteiger partial charge in [-0.2, -0.15) is 0 Å². The molecule has 0 aliphatic carbocycles. The van der Waals surface area contributed by atoms with Gasteiger partial charge in [-0.15, -0.1) is 0 Å². The van der Waals surface area contributed by atoms with E-state index < -0.39 is 0 Å². The number of nitrogens with one attached hydrogen (secondary N) is 2. The molecule has 0 aliphatic heterocycles. The largest absolute Gasteiger partial charge is 0.465 e. The van der Waals surface area contributed by atoms with E-state index in [0.717, 1.165) is 52.8 Å². The topological polar surface area (TPSA) is 79.9 Å². The monoisotopic (exact) mass is 312 g/mol. The van der Waals surface area contributed by atoms with Crippen LogP contribution in [0.25, 0.3) is 21.9 Å². The highest BCUT2D eigenvalue weighted by molar-refractivity contribution is 6.08. The summed E-state index contributed by atoms with van der Waals surface area (Å²) in [6.07, 6.45) is 3.13. The maximum Gasteiger partial charge on any atom is 0.337 e. The standard InChI is InChI=1S/C17H20N4O2/c1-4-5-6-13-20-14-11-8-7-10(17(22)23-3)9-12(11)19-16(18-2)15(14)21-13/h7-9H,4-6H2,1-3H3,(H,18,19)(H,20,21). The number of anilines is 1. The molecule has 2 heterocycles. The highest BCUT2D eigenvalue weighted by Gasteiger charge is 2.14. The van der Waals surface area contributed by atoms with Gasteiger partial charge in [-0.25, -0.2) is 14.8 Å². The summed E-state index contributed by atoms with van der Waals surface area (Å²) in [6, 6.07) is 5.36. The molecule has 0 atom stereocenters. The predicted molar refractivity (Wildman–Crippen MR) is 90.9 cm³/mol. The first-order valence-electron chi connectivity index (χ1n) is 7.76. The third-order valence-electron chi connectivity index (χ3n) is 3.90. The average molecular weight is 312 g/mol. The van der Waals surface area contributed by atoms with E-state index in [2.05, 4.69) is 22.2 Å². The zero-order valence-electron chi connectivity index (χ0n) is 13.6. The number of ether oxygens (including phenoxy) is 1. The maximum atomic E-state index is 11.7. The SMILES string of the molecule is CCCCc1nc2c([nH]1)c(NC)nc1cc(C(=O)OC)ccc12. The van der Waals surface area contributed by atoms with E-state index >= 15 is 0 Å². The molecule has 0 saturated carbocycles. The van der Waals surface area contributed by atoms with Crippen LogP contribution in [0.1, 0.15) is 35.9 Å². The van der Waals surface area contributed by atoms with Crippen molar-refractivity contribution in [1.29, 1.82) is 0 Å². The van der Waals surface area contributed by atoms with Crippen LogP contribution in [0, 0.1) is 0 Å². The molecule has 2 N–H and O–H groups in total. The quantitative estimate of drug-likeness (QED) is 0.707. The molecule has 23 heavy (non-hydrogen) atoms. The third-order valence-corrected chi connectivity index (χ3v) is 3.90. The zero-order chi connectivity index (χ0) is 16.4. The summed E-state index contributed by atoms with van der Waals surface area (Å²) in [7, 11) is 3.19. The lowest BCUT2D eigenvalue weighted by molar-refractivity contribution is 0.0601. The van der Waals surface area contributed by atoms with Crippen LogP contribution >= 0.6 is 0 Å². The summed E-state index contributed by atoms with van der Waals surface area (Å²) in [5, 5.41) is 4.02. The molecule has 0 bridgehead atoms. The Balaban J connectivity index is 2.20. The number of aryl methyl sites for hydroxylation is 1. The first kappa shape index (κ1) is 15.3. The number of nitrogens with zero attached hydrogens (tertiary/aromatic N) is 2. The molecule has 120 valence electrons. The molecular formula is C17H20N4O2. The Morgan fingerprint density at radius 3 is 2.87 bits per heavy atom. The van der Waals surface area contributed by atoms with Crippen molar-refractivity contribution < 1.29 is 9.53 Å². The van der Waals surface area contributed by atoms with E-state index in [1.807, 2.05) is 13.1 Å². The van der Waals surface area contributed by atoms with Gasteiger partial charge in [0.25, 0.3) is 0 Å². The first-order chi connectivity index (χ1) is 11.2. The molecule has 0 fully saturated rings. The van der Waals surface area contributed by atoms with Gasteiger partial charge in [0.15, 0.2) is 5.82 Å². The molecule has 3 aromatic rings. The molecule has 3 rings (SSSR count). The van der Waals surface area contributed by atoms with E-state index in [0.29, 0.717) is 5.56 Å². The van der Waals surface area contributed by atoms with E-state index in [9.17, 15) is 4.79 Å². The van der Waals surface area contributed by atoms with Gasteiger partial charge in [-0.1, -0.05) is 13.3 Å².